The van der Waals surface area contributed by atoms with Crippen LogP contribution in [0.1, 0.15) is 95.4 Å². The second kappa shape index (κ2) is 11.2. The van der Waals surface area contributed by atoms with E-state index in [2.05, 4.69) is 0 Å². The number of aliphatic hydroxyl groups is 1. The standard InChI is InChI=1S/C34H29F6NO/c35-24-13-7-19(8-14-24)26-17-18-27-29(33(26)42)28(20-9-15-25(36)16-10-20)30(32(41-27)22-3-1-2-4-22)31(37)21-5-11-23(12-6-21)34(38,39)40/h5-16,22,26,31,33,42H,1-4,17-18H2. The first-order valence-corrected chi connectivity index (χ1v) is 14.2. The average molecular weight is 582 g/mol. The van der Waals surface area contributed by atoms with Crippen molar-refractivity contribution >= 4 is 0 Å². The number of aromatic nitrogens is 1. The van der Waals surface area contributed by atoms with Crippen LogP contribution in [0.15, 0.2) is 72.8 Å². The molecule has 1 saturated carbocycles. The lowest BCUT2D eigenvalue weighted by atomic mass is 9.74. The number of aliphatic hydroxyl groups excluding tert-OH is 1. The summed E-state index contributed by atoms with van der Waals surface area (Å²) in [6, 6.07) is 15.5. The summed E-state index contributed by atoms with van der Waals surface area (Å²) in [7, 11) is 0. The fourth-order valence-electron chi connectivity index (χ4n) is 6.60. The third-order valence-electron chi connectivity index (χ3n) is 8.71. The SMILES string of the molecule is OC1c2c(nc(C3CCCC3)c(C(F)c3ccc(C(F)(F)F)cc3)c2-c2ccc(F)cc2)CCC1c1ccc(F)cc1. The highest BCUT2D eigenvalue weighted by Crippen LogP contribution is 2.51. The Morgan fingerprint density at radius 2 is 1.38 bits per heavy atom. The van der Waals surface area contributed by atoms with Gasteiger partial charge in [0.05, 0.1) is 17.4 Å². The molecule has 2 aliphatic rings. The Hall–Kier alpha value is -3.65. The molecule has 1 aromatic heterocycles. The normalized spacial score (nSPS) is 20.0. The first-order chi connectivity index (χ1) is 20.1. The minimum absolute atomic E-state index is 0.0349. The molecule has 1 N–H and O–H groups in total. The van der Waals surface area contributed by atoms with Crippen LogP contribution in [0.2, 0.25) is 0 Å². The molecule has 0 spiro atoms. The predicted octanol–water partition coefficient (Wildman–Crippen LogP) is 9.53. The smallest absolute Gasteiger partial charge is 0.388 e. The number of nitrogens with zero attached hydrogens (tertiary/aromatic N) is 1. The topological polar surface area (TPSA) is 33.1 Å². The van der Waals surface area contributed by atoms with Crippen molar-refractivity contribution in [2.75, 3.05) is 0 Å². The lowest BCUT2D eigenvalue weighted by Gasteiger charge is -2.35. The molecule has 0 amide bonds. The zero-order valence-electron chi connectivity index (χ0n) is 22.6. The van der Waals surface area contributed by atoms with E-state index in [1.165, 1.54) is 36.4 Å². The van der Waals surface area contributed by atoms with E-state index in [9.17, 15) is 27.1 Å². The highest BCUT2D eigenvalue weighted by Gasteiger charge is 2.39. The monoisotopic (exact) mass is 581 g/mol. The van der Waals surface area contributed by atoms with Gasteiger partial charge in [-0.25, -0.2) is 13.2 Å². The number of aryl methyl sites for hydroxylation is 1. The molecule has 42 heavy (non-hydrogen) atoms. The van der Waals surface area contributed by atoms with Crippen LogP contribution in [-0.2, 0) is 12.6 Å². The summed E-state index contributed by atoms with van der Waals surface area (Å²) in [4.78, 5) is 4.98. The Kier molecular flexibility index (Phi) is 7.60. The number of alkyl halides is 4. The summed E-state index contributed by atoms with van der Waals surface area (Å²) in [5.74, 6) is -1.36. The highest BCUT2D eigenvalue weighted by molar-refractivity contribution is 5.75. The van der Waals surface area contributed by atoms with E-state index in [1.807, 2.05) is 0 Å². The summed E-state index contributed by atoms with van der Waals surface area (Å²) < 4.78 is 84.5. The van der Waals surface area contributed by atoms with Crippen LogP contribution < -0.4 is 0 Å². The van der Waals surface area contributed by atoms with Gasteiger partial charge in [0.2, 0.25) is 0 Å². The van der Waals surface area contributed by atoms with Gasteiger partial charge in [-0.2, -0.15) is 13.2 Å². The molecule has 0 radical (unpaired) electrons. The summed E-state index contributed by atoms with van der Waals surface area (Å²) in [5, 5.41) is 11.8. The molecule has 2 nitrogen and oxygen atoms in total. The molecule has 218 valence electrons. The molecule has 1 fully saturated rings. The summed E-state index contributed by atoms with van der Waals surface area (Å²) in [6.07, 6.45) is -3.03. The molecule has 3 aromatic carbocycles. The lowest BCUT2D eigenvalue weighted by molar-refractivity contribution is -0.137. The van der Waals surface area contributed by atoms with Crippen molar-refractivity contribution in [3.63, 3.8) is 0 Å². The zero-order valence-corrected chi connectivity index (χ0v) is 22.6. The van der Waals surface area contributed by atoms with Gasteiger partial charge >= 0.3 is 6.18 Å². The van der Waals surface area contributed by atoms with Gasteiger partial charge in [-0.05, 0) is 84.3 Å². The van der Waals surface area contributed by atoms with Gasteiger partial charge < -0.3 is 5.11 Å². The molecule has 2 aliphatic carbocycles. The first-order valence-electron chi connectivity index (χ1n) is 14.2. The van der Waals surface area contributed by atoms with Crippen molar-refractivity contribution < 1.29 is 31.4 Å². The van der Waals surface area contributed by atoms with E-state index in [0.717, 1.165) is 55.5 Å². The van der Waals surface area contributed by atoms with Gasteiger partial charge in [0.1, 0.15) is 11.6 Å². The van der Waals surface area contributed by atoms with Crippen LogP contribution in [0.3, 0.4) is 0 Å². The first kappa shape index (κ1) is 28.5. The van der Waals surface area contributed by atoms with Crippen LogP contribution in [0, 0.1) is 11.6 Å². The maximum absolute atomic E-state index is 16.9. The van der Waals surface area contributed by atoms with Crippen LogP contribution in [0.5, 0.6) is 0 Å². The minimum atomic E-state index is -4.56. The third kappa shape index (κ3) is 5.33. The maximum Gasteiger partial charge on any atom is 0.416 e. The fraction of sp³-hybridized carbons (Fsp3) is 0.324. The Bertz CT molecular complexity index is 1560. The van der Waals surface area contributed by atoms with Crippen molar-refractivity contribution in [2.45, 2.75) is 68.8 Å². The Morgan fingerprint density at radius 3 is 1.98 bits per heavy atom. The third-order valence-corrected chi connectivity index (χ3v) is 8.71. The summed E-state index contributed by atoms with van der Waals surface area (Å²) >= 11 is 0. The van der Waals surface area contributed by atoms with Gasteiger partial charge in [-0.3, -0.25) is 4.98 Å². The molecule has 1 heterocycles. The predicted molar refractivity (Wildman–Crippen MR) is 148 cm³/mol. The van der Waals surface area contributed by atoms with E-state index in [1.54, 1.807) is 12.1 Å². The zero-order chi connectivity index (χ0) is 29.6. The van der Waals surface area contributed by atoms with E-state index < -0.39 is 41.6 Å². The van der Waals surface area contributed by atoms with E-state index in [-0.39, 0.29) is 17.0 Å². The molecule has 6 rings (SSSR count). The largest absolute Gasteiger partial charge is 0.416 e. The Morgan fingerprint density at radius 1 is 0.786 bits per heavy atom. The molecular formula is C34H29F6NO. The quantitative estimate of drug-likeness (QED) is 0.238. The van der Waals surface area contributed by atoms with E-state index >= 15 is 4.39 Å². The molecule has 8 heteroatoms. The van der Waals surface area contributed by atoms with Crippen molar-refractivity contribution in [1.29, 1.82) is 0 Å². The van der Waals surface area contributed by atoms with E-state index in [0.29, 0.717) is 40.9 Å². The van der Waals surface area contributed by atoms with Crippen molar-refractivity contribution in [3.8, 4) is 11.1 Å². The number of hydrogen-bond donors (Lipinski definition) is 1. The van der Waals surface area contributed by atoms with Gasteiger partial charge in [0.15, 0.2) is 6.17 Å². The number of pyridine rings is 1. The van der Waals surface area contributed by atoms with E-state index in [4.69, 9.17) is 4.98 Å². The molecular weight excluding hydrogens is 552 g/mol. The van der Waals surface area contributed by atoms with Crippen molar-refractivity contribution in [3.05, 3.63) is 124 Å². The van der Waals surface area contributed by atoms with Crippen LogP contribution in [0.25, 0.3) is 11.1 Å². The molecule has 0 bridgehead atoms. The van der Waals surface area contributed by atoms with Gasteiger partial charge in [0, 0.05) is 28.7 Å². The molecule has 3 unspecified atom stereocenters. The molecule has 3 atom stereocenters. The summed E-state index contributed by atoms with van der Waals surface area (Å²) in [6.45, 7) is 0. The summed E-state index contributed by atoms with van der Waals surface area (Å²) in [5.41, 5.74) is 2.56. The van der Waals surface area contributed by atoms with Crippen molar-refractivity contribution in [2.24, 2.45) is 0 Å². The molecule has 0 aliphatic heterocycles. The number of benzene rings is 3. The second-order valence-electron chi connectivity index (χ2n) is 11.3. The van der Waals surface area contributed by atoms with Crippen LogP contribution in [0.4, 0.5) is 26.3 Å². The number of fused-ring (bicyclic) bond motifs is 1. The molecule has 4 aromatic rings. The molecule has 0 saturated heterocycles. The lowest BCUT2D eigenvalue weighted by Crippen LogP contribution is -2.24. The van der Waals surface area contributed by atoms with Crippen molar-refractivity contribution in [1.82, 2.24) is 4.98 Å². The van der Waals surface area contributed by atoms with Gasteiger partial charge in [0.25, 0.3) is 0 Å². The van der Waals surface area contributed by atoms with Gasteiger partial charge in [-0.15, -0.1) is 0 Å². The number of hydrogen-bond acceptors (Lipinski definition) is 2. The minimum Gasteiger partial charge on any atom is -0.388 e. The average Bonchev–Trinajstić information content (AvgIpc) is 3.52. The second-order valence-corrected chi connectivity index (χ2v) is 11.3. The maximum atomic E-state index is 16.9. The highest BCUT2D eigenvalue weighted by atomic mass is 19.4. The number of rotatable bonds is 5. The van der Waals surface area contributed by atoms with Crippen LogP contribution >= 0.6 is 0 Å². The Labute approximate surface area is 240 Å². The number of halogens is 6. The van der Waals surface area contributed by atoms with Crippen LogP contribution in [-0.4, -0.2) is 10.1 Å². The van der Waals surface area contributed by atoms with Gasteiger partial charge in [-0.1, -0.05) is 49.2 Å². The Balaban J connectivity index is 1.58. The fourth-order valence-corrected chi connectivity index (χ4v) is 6.60.